The topological polar surface area (TPSA) is 98.5 Å². The summed E-state index contributed by atoms with van der Waals surface area (Å²) >= 11 is 1.41. The van der Waals surface area contributed by atoms with Crippen molar-refractivity contribution in [3.63, 3.8) is 0 Å². The van der Waals surface area contributed by atoms with Gasteiger partial charge in [-0.05, 0) is 57.2 Å². The lowest BCUT2D eigenvalue weighted by Gasteiger charge is -2.12. The Labute approximate surface area is 160 Å². The number of benzene rings is 1. The van der Waals surface area contributed by atoms with Crippen LogP contribution in [0.3, 0.4) is 0 Å². The normalized spacial score (nSPS) is 13.0. The van der Waals surface area contributed by atoms with Gasteiger partial charge in [0.1, 0.15) is 5.00 Å². The SMILES string of the molecule is CCOC(=O)c1c(NC(=O)c2ccc([N+](=O)[O-])c(C)c2)sc2c1CCCC2. The fraction of sp³-hybridized carbons (Fsp3) is 0.368. The summed E-state index contributed by atoms with van der Waals surface area (Å²) in [6.07, 6.45) is 3.75. The van der Waals surface area contributed by atoms with Crippen LogP contribution in [0.5, 0.6) is 0 Å². The van der Waals surface area contributed by atoms with E-state index in [4.69, 9.17) is 4.74 Å². The molecular weight excluding hydrogens is 368 g/mol. The first-order valence-corrected chi connectivity index (χ1v) is 9.62. The predicted octanol–water partition coefficient (Wildman–Crippen LogP) is 4.27. The van der Waals surface area contributed by atoms with Gasteiger partial charge in [-0.15, -0.1) is 11.3 Å². The Morgan fingerprint density at radius 1 is 1.30 bits per heavy atom. The number of hydrogen-bond donors (Lipinski definition) is 1. The molecule has 0 fully saturated rings. The van der Waals surface area contributed by atoms with Crippen molar-refractivity contribution in [1.29, 1.82) is 0 Å². The van der Waals surface area contributed by atoms with Gasteiger partial charge in [-0.3, -0.25) is 14.9 Å². The van der Waals surface area contributed by atoms with Gasteiger partial charge in [-0.2, -0.15) is 0 Å². The number of thiophene rings is 1. The smallest absolute Gasteiger partial charge is 0.341 e. The number of rotatable bonds is 5. The van der Waals surface area contributed by atoms with Gasteiger partial charge in [0.15, 0.2) is 0 Å². The fourth-order valence-corrected chi connectivity index (χ4v) is 4.52. The van der Waals surface area contributed by atoms with Gasteiger partial charge in [-0.1, -0.05) is 0 Å². The molecule has 3 rings (SSSR count). The average molecular weight is 388 g/mol. The van der Waals surface area contributed by atoms with Gasteiger partial charge >= 0.3 is 5.97 Å². The number of ether oxygens (including phenoxy) is 1. The molecule has 1 aliphatic carbocycles. The molecule has 0 atom stereocenters. The molecule has 27 heavy (non-hydrogen) atoms. The van der Waals surface area contributed by atoms with E-state index in [2.05, 4.69) is 5.32 Å². The third-order valence-corrected chi connectivity index (χ3v) is 5.74. The van der Waals surface area contributed by atoms with Crippen LogP contribution in [0.4, 0.5) is 10.7 Å². The van der Waals surface area contributed by atoms with E-state index in [0.29, 0.717) is 21.7 Å². The summed E-state index contributed by atoms with van der Waals surface area (Å²) in [6, 6.07) is 4.21. The predicted molar refractivity (Wildman–Crippen MR) is 103 cm³/mol. The average Bonchev–Trinajstić information content (AvgIpc) is 2.99. The van der Waals surface area contributed by atoms with Gasteiger partial charge in [0.2, 0.25) is 0 Å². The van der Waals surface area contributed by atoms with Crippen LogP contribution in [-0.4, -0.2) is 23.4 Å². The summed E-state index contributed by atoms with van der Waals surface area (Å²) in [5.74, 6) is -0.829. The van der Waals surface area contributed by atoms with Crippen LogP contribution in [0.2, 0.25) is 0 Å². The number of nitrogens with zero attached hydrogens (tertiary/aromatic N) is 1. The number of carbonyl (C=O) groups is 2. The third kappa shape index (κ3) is 3.85. The standard InChI is InChI=1S/C19H20N2O5S/c1-3-26-19(23)16-13-6-4-5-7-15(13)27-18(16)20-17(22)12-8-9-14(21(24)25)11(2)10-12/h8-10H,3-7H2,1-2H3,(H,20,22). The largest absolute Gasteiger partial charge is 0.462 e. The Morgan fingerprint density at radius 3 is 2.70 bits per heavy atom. The van der Waals surface area contributed by atoms with Crippen LogP contribution in [0.15, 0.2) is 18.2 Å². The van der Waals surface area contributed by atoms with Crippen LogP contribution in [0.1, 0.15) is 56.5 Å². The summed E-state index contributed by atoms with van der Waals surface area (Å²) in [4.78, 5) is 36.7. The minimum absolute atomic E-state index is 0.0367. The molecular formula is C19H20N2O5S. The monoisotopic (exact) mass is 388 g/mol. The van der Waals surface area contributed by atoms with E-state index < -0.39 is 16.8 Å². The molecule has 7 nitrogen and oxygen atoms in total. The van der Waals surface area contributed by atoms with Crippen molar-refractivity contribution in [3.05, 3.63) is 55.4 Å². The van der Waals surface area contributed by atoms with Crippen molar-refractivity contribution >= 4 is 33.9 Å². The second kappa shape index (κ2) is 7.87. The molecule has 0 saturated heterocycles. The molecule has 8 heteroatoms. The molecule has 0 unspecified atom stereocenters. The summed E-state index contributed by atoms with van der Waals surface area (Å²) in [7, 11) is 0. The zero-order valence-electron chi connectivity index (χ0n) is 15.2. The molecule has 0 spiro atoms. The molecule has 0 bridgehead atoms. The maximum absolute atomic E-state index is 12.7. The number of anilines is 1. The molecule has 1 heterocycles. The van der Waals surface area contributed by atoms with Crippen molar-refractivity contribution in [2.45, 2.75) is 39.5 Å². The first-order chi connectivity index (χ1) is 12.9. The highest BCUT2D eigenvalue weighted by Gasteiger charge is 2.27. The van der Waals surface area contributed by atoms with Crippen LogP contribution in [0, 0.1) is 17.0 Å². The second-order valence-electron chi connectivity index (χ2n) is 6.35. The van der Waals surface area contributed by atoms with E-state index in [1.54, 1.807) is 13.8 Å². The van der Waals surface area contributed by atoms with Gasteiger partial charge < -0.3 is 10.1 Å². The number of aryl methyl sites for hydroxylation is 2. The molecule has 0 radical (unpaired) electrons. The number of hydrogen-bond acceptors (Lipinski definition) is 6. The maximum atomic E-state index is 12.7. The molecule has 0 aliphatic heterocycles. The summed E-state index contributed by atoms with van der Waals surface area (Å²) in [6.45, 7) is 3.59. The maximum Gasteiger partial charge on any atom is 0.341 e. The molecule has 0 saturated carbocycles. The van der Waals surface area contributed by atoms with Crippen molar-refractivity contribution in [2.24, 2.45) is 0 Å². The fourth-order valence-electron chi connectivity index (χ4n) is 3.25. The quantitative estimate of drug-likeness (QED) is 0.468. The molecule has 142 valence electrons. The number of esters is 1. The first-order valence-electron chi connectivity index (χ1n) is 8.80. The zero-order valence-corrected chi connectivity index (χ0v) is 16.0. The van der Waals surface area contributed by atoms with E-state index >= 15 is 0 Å². The van der Waals surface area contributed by atoms with Gasteiger partial charge in [0.05, 0.1) is 17.1 Å². The van der Waals surface area contributed by atoms with E-state index in [1.165, 1.54) is 29.5 Å². The van der Waals surface area contributed by atoms with Crippen LogP contribution in [0.25, 0.3) is 0 Å². The number of nitro groups is 1. The zero-order chi connectivity index (χ0) is 19.6. The minimum atomic E-state index is -0.483. The van der Waals surface area contributed by atoms with Gasteiger partial charge in [0, 0.05) is 22.1 Å². The number of amides is 1. The number of nitro benzene ring substituents is 1. The highest BCUT2D eigenvalue weighted by Crippen LogP contribution is 2.38. The molecule has 1 aromatic carbocycles. The van der Waals surface area contributed by atoms with E-state index in [9.17, 15) is 19.7 Å². The highest BCUT2D eigenvalue weighted by molar-refractivity contribution is 7.17. The highest BCUT2D eigenvalue weighted by atomic mass is 32.1. The van der Waals surface area contributed by atoms with Crippen molar-refractivity contribution in [3.8, 4) is 0 Å². The number of carbonyl (C=O) groups excluding carboxylic acids is 2. The van der Waals surface area contributed by atoms with Crippen molar-refractivity contribution < 1.29 is 19.2 Å². The van der Waals surface area contributed by atoms with Crippen LogP contribution < -0.4 is 5.32 Å². The van der Waals surface area contributed by atoms with E-state index in [-0.39, 0.29) is 12.3 Å². The minimum Gasteiger partial charge on any atom is -0.462 e. The van der Waals surface area contributed by atoms with E-state index in [0.717, 1.165) is 36.1 Å². The molecule has 1 N–H and O–H groups in total. The van der Waals surface area contributed by atoms with Crippen LogP contribution in [-0.2, 0) is 17.6 Å². The van der Waals surface area contributed by atoms with Crippen molar-refractivity contribution in [1.82, 2.24) is 0 Å². The molecule has 2 aromatic rings. The Balaban J connectivity index is 1.92. The molecule has 1 amide bonds. The summed E-state index contributed by atoms with van der Waals surface area (Å²) in [5, 5.41) is 14.2. The third-order valence-electron chi connectivity index (χ3n) is 4.53. The Bertz CT molecular complexity index is 919. The Morgan fingerprint density at radius 2 is 2.04 bits per heavy atom. The first kappa shape index (κ1) is 19.0. The summed E-state index contributed by atoms with van der Waals surface area (Å²) < 4.78 is 5.18. The Hall–Kier alpha value is -2.74. The van der Waals surface area contributed by atoms with Gasteiger partial charge in [-0.25, -0.2) is 4.79 Å². The lowest BCUT2D eigenvalue weighted by molar-refractivity contribution is -0.385. The number of fused-ring (bicyclic) bond motifs is 1. The lowest BCUT2D eigenvalue weighted by Crippen LogP contribution is -2.16. The molecule has 1 aromatic heterocycles. The summed E-state index contributed by atoms with van der Waals surface area (Å²) in [5.41, 5.74) is 2.09. The van der Waals surface area contributed by atoms with Crippen molar-refractivity contribution in [2.75, 3.05) is 11.9 Å². The number of nitrogens with one attached hydrogen (secondary N) is 1. The lowest BCUT2D eigenvalue weighted by atomic mass is 9.95. The van der Waals surface area contributed by atoms with E-state index in [1.807, 2.05) is 0 Å². The second-order valence-corrected chi connectivity index (χ2v) is 7.45. The van der Waals surface area contributed by atoms with Gasteiger partial charge in [0.25, 0.3) is 11.6 Å². The Kier molecular flexibility index (Phi) is 5.55. The van der Waals surface area contributed by atoms with Crippen LogP contribution >= 0.6 is 11.3 Å². The molecule has 1 aliphatic rings.